The summed E-state index contributed by atoms with van der Waals surface area (Å²) in [4.78, 5) is 14.3. The van der Waals surface area contributed by atoms with E-state index >= 15 is 0 Å². The number of carbonyl (C=O) groups excluding carboxylic acids is 1. The van der Waals surface area contributed by atoms with Crippen molar-refractivity contribution in [3.8, 4) is 0 Å². The standard InChI is InChI=1S/C16H24FN3O/c1-12-4-5-14(17)9-15(12)19-16(21)11-20-8-2-3-13(10-20)6-7-18/h4-5,9,13H,2-3,6-8,10-11,18H2,1H3,(H,19,21). The maximum Gasteiger partial charge on any atom is 0.238 e. The Hall–Kier alpha value is -1.46. The van der Waals surface area contributed by atoms with Crippen LogP contribution in [0, 0.1) is 18.7 Å². The lowest BCUT2D eigenvalue weighted by Crippen LogP contribution is -2.41. The number of halogens is 1. The maximum absolute atomic E-state index is 13.2. The summed E-state index contributed by atoms with van der Waals surface area (Å²) in [6.45, 7) is 4.78. The summed E-state index contributed by atoms with van der Waals surface area (Å²) in [5.74, 6) is 0.168. The number of anilines is 1. The Balaban J connectivity index is 1.88. The first-order chi connectivity index (χ1) is 10.1. The van der Waals surface area contributed by atoms with Crippen LogP contribution in [0.2, 0.25) is 0 Å². The van der Waals surface area contributed by atoms with E-state index in [0.29, 0.717) is 24.7 Å². The second-order valence-corrected chi connectivity index (χ2v) is 5.83. The highest BCUT2D eigenvalue weighted by Crippen LogP contribution is 2.19. The monoisotopic (exact) mass is 293 g/mol. The van der Waals surface area contributed by atoms with Gasteiger partial charge in [-0.15, -0.1) is 0 Å². The molecular weight excluding hydrogens is 269 g/mol. The highest BCUT2D eigenvalue weighted by Gasteiger charge is 2.21. The van der Waals surface area contributed by atoms with Gasteiger partial charge in [-0.3, -0.25) is 9.69 Å². The molecule has 0 radical (unpaired) electrons. The quantitative estimate of drug-likeness (QED) is 0.874. The lowest BCUT2D eigenvalue weighted by Gasteiger charge is -2.32. The van der Waals surface area contributed by atoms with Crippen molar-refractivity contribution in [2.24, 2.45) is 11.7 Å². The zero-order valence-corrected chi connectivity index (χ0v) is 12.6. The first-order valence-electron chi connectivity index (χ1n) is 7.57. The van der Waals surface area contributed by atoms with Gasteiger partial charge >= 0.3 is 0 Å². The Morgan fingerprint density at radius 3 is 3.10 bits per heavy atom. The normalized spacial score (nSPS) is 19.5. The molecule has 0 bridgehead atoms. The number of nitrogens with one attached hydrogen (secondary N) is 1. The van der Waals surface area contributed by atoms with E-state index in [1.54, 1.807) is 6.07 Å². The van der Waals surface area contributed by atoms with Gasteiger partial charge in [0.25, 0.3) is 0 Å². The third-order valence-corrected chi connectivity index (χ3v) is 4.02. The smallest absolute Gasteiger partial charge is 0.238 e. The molecule has 1 aromatic carbocycles. The molecule has 1 unspecified atom stereocenters. The number of nitrogens with zero attached hydrogens (tertiary/aromatic N) is 1. The largest absolute Gasteiger partial charge is 0.330 e. The van der Waals surface area contributed by atoms with E-state index in [2.05, 4.69) is 10.2 Å². The van der Waals surface area contributed by atoms with E-state index < -0.39 is 0 Å². The molecule has 1 aliphatic heterocycles. The Morgan fingerprint density at radius 1 is 1.52 bits per heavy atom. The molecule has 0 spiro atoms. The van der Waals surface area contributed by atoms with Gasteiger partial charge in [-0.05, 0) is 62.9 Å². The minimum absolute atomic E-state index is 0.0860. The van der Waals surface area contributed by atoms with Crippen molar-refractivity contribution >= 4 is 11.6 Å². The van der Waals surface area contributed by atoms with E-state index in [-0.39, 0.29) is 11.7 Å². The van der Waals surface area contributed by atoms with Crippen LogP contribution in [0.1, 0.15) is 24.8 Å². The van der Waals surface area contributed by atoms with Gasteiger partial charge in [0.05, 0.1) is 6.54 Å². The summed E-state index contributed by atoms with van der Waals surface area (Å²) < 4.78 is 13.2. The molecule has 1 aromatic rings. The average molecular weight is 293 g/mol. The number of amides is 1. The zero-order valence-electron chi connectivity index (χ0n) is 12.6. The second kappa shape index (κ2) is 7.52. The van der Waals surface area contributed by atoms with E-state index in [0.717, 1.165) is 31.5 Å². The van der Waals surface area contributed by atoms with Crippen LogP contribution in [0.5, 0.6) is 0 Å². The molecule has 3 N–H and O–H groups in total. The molecule has 1 heterocycles. The molecule has 1 amide bonds. The van der Waals surface area contributed by atoms with E-state index in [1.807, 2.05) is 6.92 Å². The SMILES string of the molecule is Cc1ccc(F)cc1NC(=O)CN1CCCC(CCN)C1. The molecule has 0 saturated carbocycles. The summed E-state index contributed by atoms with van der Waals surface area (Å²) in [7, 11) is 0. The Morgan fingerprint density at radius 2 is 2.33 bits per heavy atom. The lowest BCUT2D eigenvalue weighted by atomic mass is 9.95. The van der Waals surface area contributed by atoms with Gasteiger partial charge in [-0.2, -0.15) is 0 Å². The van der Waals surface area contributed by atoms with Crippen molar-refractivity contribution in [2.45, 2.75) is 26.2 Å². The molecule has 5 heteroatoms. The number of aryl methyl sites for hydroxylation is 1. The number of nitrogens with two attached hydrogens (primary N) is 1. The van der Waals surface area contributed by atoms with Gasteiger partial charge < -0.3 is 11.1 Å². The van der Waals surface area contributed by atoms with Crippen LogP contribution < -0.4 is 11.1 Å². The van der Waals surface area contributed by atoms with Crippen LogP contribution in [-0.2, 0) is 4.79 Å². The molecular formula is C16H24FN3O. The summed E-state index contributed by atoms with van der Waals surface area (Å²) >= 11 is 0. The summed E-state index contributed by atoms with van der Waals surface area (Å²) in [6.07, 6.45) is 3.32. The van der Waals surface area contributed by atoms with Gasteiger partial charge in [0.15, 0.2) is 0 Å². The number of piperidine rings is 1. The van der Waals surface area contributed by atoms with Crippen LogP contribution in [-0.4, -0.2) is 37.0 Å². The van der Waals surface area contributed by atoms with Crippen molar-refractivity contribution in [2.75, 3.05) is 31.5 Å². The molecule has 1 fully saturated rings. The van der Waals surface area contributed by atoms with Gasteiger partial charge in [0.1, 0.15) is 5.82 Å². The Bertz CT molecular complexity index is 490. The van der Waals surface area contributed by atoms with Crippen LogP contribution in [0.3, 0.4) is 0 Å². The number of benzene rings is 1. The second-order valence-electron chi connectivity index (χ2n) is 5.83. The van der Waals surface area contributed by atoms with Crippen LogP contribution in [0.15, 0.2) is 18.2 Å². The lowest BCUT2D eigenvalue weighted by molar-refractivity contribution is -0.117. The fourth-order valence-electron chi connectivity index (χ4n) is 2.89. The molecule has 116 valence electrons. The molecule has 0 aliphatic carbocycles. The summed E-state index contributed by atoms with van der Waals surface area (Å²) in [5, 5.41) is 2.80. The Labute approximate surface area is 125 Å². The first kappa shape index (κ1) is 15.9. The molecule has 1 atom stereocenters. The molecule has 1 aliphatic rings. The number of rotatable bonds is 5. The van der Waals surface area contributed by atoms with Crippen molar-refractivity contribution in [1.29, 1.82) is 0 Å². The number of hydrogen-bond acceptors (Lipinski definition) is 3. The summed E-state index contributed by atoms with van der Waals surface area (Å²) in [5.41, 5.74) is 7.02. The van der Waals surface area contributed by atoms with Gasteiger partial charge in [0.2, 0.25) is 5.91 Å². The van der Waals surface area contributed by atoms with Crippen LogP contribution in [0.25, 0.3) is 0 Å². The van der Waals surface area contributed by atoms with Crippen molar-refractivity contribution in [3.05, 3.63) is 29.6 Å². The molecule has 1 saturated heterocycles. The van der Waals surface area contributed by atoms with Crippen LogP contribution in [0.4, 0.5) is 10.1 Å². The van der Waals surface area contributed by atoms with Gasteiger partial charge in [-0.25, -0.2) is 4.39 Å². The van der Waals surface area contributed by atoms with Crippen LogP contribution >= 0.6 is 0 Å². The number of carbonyl (C=O) groups is 1. The minimum atomic E-state index is -0.336. The topological polar surface area (TPSA) is 58.4 Å². The van der Waals surface area contributed by atoms with E-state index in [4.69, 9.17) is 5.73 Å². The maximum atomic E-state index is 13.2. The van der Waals surface area contributed by atoms with Crippen molar-refractivity contribution in [3.63, 3.8) is 0 Å². The first-order valence-corrected chi connectivity index (χ1v) is 7.57. The van der Waals surface area contributed by atoms with E-state index in [9.17, 15) is 9.18 Å². The molecule has 0 aromatic heterocycles. The zero-order chi connectivity index (χ0) is 15.2. The average Bonchev–Trinajstić information content (AvgIpc) is 2.43. The van der Waals surface area contributed by atoms with Gasteiger partial charge in [-0.1, -0.05) is 6.07 Å². The van der Waals surface area contributed by atoms with Crippen molar-refractivity contribution in [1.82, 2.24) is 4.90 Å². The minimum Gasteiger partial charge on any atom is -0.330 e. The third-order valence-electron chi connectivity index (χ3n) is 4.02. The predicted octanol–water partition coefficient (Wildman–Crippen LogP) is 2.13. The summed E-state index contributed by atoms with van der Waals surface area (Å²) in [6, 6.07) is 4.43. The van der Waals surface area contributed by atoms with Gasteiger partial charge in [0, 0.05) is 12.2 Å². The molecule has 4 nitrogen and oxygen atoms in total. The highest BCUT2D eigenvalue weighted by molar-refractivity contribution is 5.92. The fourth-order valence-corrected chi connectivity index (χ4v) is 2.89. The number of likely N-dealkylation sites (tertiary alicyclic amines) is 1. The number of hydrogen-bond donors (Lipinski definition) is 2. The Kier molecular flexibility index (Phi) is 5.70. The predicted molar refractivity (Wildman–Crippen MR) is 82.6 cm³/mol. The highest BCUT2D eigenvalue weighted by atomic mass is 19.1. The molecule has 21 heavy (non-hydrogen) atoms. The van der Waals surface area contributed by atoms with E-state index in [1.165, 1.54) is 18.6 Å². The molecule has 2 rings (SSSR count). The third kappa shape index (κ3) is 4.79. The van der Waals surface area contributed by atoms with Crippen molar-refractivity contribution < 1.29 is 9.18 Å². The fraction of sp³-hybridized carbons (Fsp3) is 0.562.